The van der Waals surface area contributed by atoms with E-state index < -0.39 is 9.84 Å². The predicted octanol–water partition coefficient (Wildman–Crippen LogP) is 0.668. The van der Waals surface area contributed by atoms with Crippen molar-refractivity contribution in [3.63, 3.8) is 0 Å². The molecule has 0 aliphatic carbocycles. The maximum Gasteiger partial charge on any atom is 0.254 e. The lowest BCUT2D eigenvalue weighted by Gasteiger charge is -2.17. The van der Waals surface area contributed by atoms with Crippen molar-refractivity contribution in [1.82, 2.24) is 15.1 Å². The van der Waals surface area contributed by atoms with Crippen LogP contribution >= 0.6 is 0 Å². The fraction of sp³-hybridized carbons (Fsp3) is 0.231. The number of benzene rings is 1. The van der Waals surface area contributed by atoms with E-state index in [1.807, 2.05) is 0 Å². The molecule has 0 fully saturated rings. The number of H-pyrrole nitrogens is 1. The van der Waals surface area contributed by atoms with Gasteiger partial charge >= 0.3 is 0 Å². The van der Waals surface area contributed by atoms with Crippen molar-refractivity contribution in [2.45, 2.75) is 11.4 Å². The molecule has 1 aromatic carbocycles. The first-order valence-corrected chi connectivity index (χ1v) is 8.00. The van der Waals surface area contributed by atoms with Crippen LogP contribution in [0.3, 0.4) is 0 Å². The van der Waals surface area contributed by atoms with Crippen molar-refractivity contribution in [1.29, 1.82) is 0 Å². The van der Waals surface area contributed by atoms with Gasteiger partial charge in [0.15, 0.2) is 9.84 Å². The second-order valence-electron chi connectivity index (χ2n) is 4.83. The molecule has 8 heteroatoms. The van der Waals surface area contributed by atoms with Crippen LogP contribution in [-0.2, 0) is 16.4 Å². The van der Waals surface area contributed by atoms with Gasteiger partial charge in [0.2, 0.25) is 0 Å². The van der Waals surface area contributed by atoms with Gasteiger partial charge < -0.3 is 10.6 Å². The Morgan fingerprint density at radius 3 is 2.67 bits per heavy atom. The molecule has 0 bridgehead atoms. The van der Waals surface area contributed by atoms with E-state index >= 15 is 0 Å². The van der Waals surface area contributed by atoms with Gasteiger partial charge in [0.1, 0.15) is 0 Å². The fourth-order valence-corrected chi connectivity index (χ4v) is 2.58. The minimum Gasteiger partial charge on any atom is -0.399 e. The number of hydrogen-bond acceptors (Lipinski definition) is 5. The molecule has 1 heterocycles. The van der Waals surface area contributed by atoms with Gasteiger partial charge in [0, 0.05) is 42.9 Å². The molecule has 0 saturated carbocycles. The molecule has 0 aliphatic rings. The molecule has 0 aliphatic heterocycles. The first-order chi connectivity index (χ1) is 9.77. The number of hydrogen-bond donors (Lipinski definition) is 2. The summed E-state index contributed by atoms with van der Waals surface area (Å²) in [6.07, 6.45) is 4.38. The SMILES string of the molecule is CN(Cc1cn[nH]c1)C(=O)c1cc(N)cc(S(C)(=O)=O)c1. The first-order valence-electron chi connectivity index (χ1n) is 6.11. The molecule has 21 heavy (non-hydrogen) atoms. The number of anilines is 1. The smallest absolute Gasteiger partial charge is 0.254 e. The molecule has 0 spiro atoms. The van der Waals surface area contributed by atoms with Crippen molar-refractivity contribution in [3.05, 3.63) is 41.7 Å². The molecule has 7 nitrogen and oxygen atoms in total. The maximum atomic E-state index is 12.3. The van der Waals surface area contributed by atoms with Gasteiger partial charge in [-0.2, -0.15) is 5.10 Å². The van der Waals surface area contributed by atoms with E-state index in [4.69, 9.17) is 5.73 Å². The Kier molecular flexibility index (Phi) is 3.99. The van der Waals surface area contributed by atoms with E-state index in [0.717, 1.165) is 11.8 Å². The second kappa shape index (κ2) is 5.57. The summed E-state index contributed by atoms with van der Waals surface area (Å²) in [5.41, 5.74) is 7.00. The summed E-state index contributed by atoms with van der Waals surface area (Å²) in [6.45, 7) is 0.359. The topological polar surface area (TPSA) is 109 Å². The van der Waals surface area contributed by atoms with Crippen LogP contribution < -0.4 is 5.73 Å². The van der Waals surface area contributed by atoms with Crippen LogP contribution in [0.1, 0.15) is 15.9 Å². The molecular weight excluding hydrogens is 292 g/mol. The third-order valence-electron chi connectivity index (χ3n) is 2.93. The van der Waals surface area contributed by atoms with E-state index in [2.05, 4.69) is 10.2 Å². The predicted molar refractivity (Wildman–Crippen MR) is 78.3 cm³/mol. The largest absolute Gasteiger partial charge is 0.399 e. The van der Waals surface area contributed by atoms with Gasteiger partial charge in [-0.25, -0.2) is 8.42 Å². The van der Waals surface area contributed by atoms with Crippen LogP contribution in [0, 0.1) is 0 Å². The van der Waals surface area contributed by atoms with E-state index in [-0.39, 0.29) is 22.1 Å². The summed E-state index contributed by atoms with van der Waals surface area (Å²) in [6, 6.07) is 4.13. The average Bonchev–Trinajstić information content (AvgIpc) is 2.88. The number of aromatic nitrogens is 2. The second-order valence-corrected chi connectivity index (χ2v) is 6.85. The lowest BCUT2D eigenvalue weighted by Crippen LogP contribution is -2.26. The number of aromatic amines is 1. The third-order valence-corrected chi connectivity index (χ3v) is 4.02. The highest BCUT2D eigenvalue weighted by Gasteiger charge is 2.17. The number of nitrogens with one attached hydrogen (secondary N) is 1. The molecule has 112 valence electrons. The number of carbonyl (C=O) groups is 1. The summed E-state index contributed by atoms with van der Waals surface area (Å²) >= 11 is 0. The summed E-state index contributed by atoms with van der Waals surface area (Å²) in [7, 11) is -1.80. The monoisotopic (exact) mass is 308 g/mol. The highest BCUT2D eigenvalue weighted by atomic mass is 32.2. The van der Waals surface area contributed by atoms with E-state index in [1.54, 1.807) is 19.4 Å². The lowest BCUT2D eigenvalue weighted by molar-refractivity contribution is 0.0785. The highest BCUT2D eigenvalue weighted by molar-refractivity contribution is 7.90. The average molecular weight is 308 g/mol. The number of sulfone groups is 1. The number of nitrogen functional groups attached to an aromatic ring is 1. The van der Waals surface area contributed by atoms with Crippen LogP contribution in [0.2, 0.25) is 0 Å². The molecule has 0 unspecified atom stereocenters. The number of nitrogens with zero attached hydrogens (tertiary/aromatic N) is 2. The normalized spacial score (nSPS) is 11.3. The summed E-state index contributed by atoms with van der Waals surface area (Å²) < 4.78 is 23.2. The van der Waals surface area contributed by atoms with Crippen LogP contribution in [0.5, 0.6) is 0 Å². The third kappa shape index (κ3) is 3.60. The minimum absolute atomic E-state index is 0.0301. The molecule has 0 atom stereocenters. The van der Waals surface area contributed by atoms with Crippen molar-refractivity contribution in [2.24, 2.45) is 0 Å². The Hall–Kier alpha value is -2.35. The van der Waals surface area contributed by atoms with Gasteiger partial charge in [-0.1, -0.05) is 0 Å². The van der Waals surface area contributed by atoms with Crippen LogP contribution in [-0.4, -0.2) is 42.7 Å². The summed E-state index contributed by atoms with van der Waals surface area (Å²) in [4.78, 5) is 13.8. The Bertz CT molecular complexity index is 754. The number of amides is 1. The molecule has 0 saturated heterocycles. The first kappa shape index (κ1) is 15.0. The zero-order valence-electron chi connectivity index (χ0n) is 11.7. The van der Waals surface area contributed by atoms with Crippen molar-refractivity contribution in [2.75, 3.05) is 19.0 Å². The van der Waals surface area contributed by atoms with Crippen LogP contribution in [0.4, 0.5) is 5.69 Å². The molecule has 1 aromatic heterocycles. The zero-order chi connectivity index (χ0) is 15.6. The van der Waals surface area contributed by atoms with Gasteiger partial charge in [-0.15, -0.1) is 0 Å². The Morgan fingerprint density at radius 1 is 1.38 bits per heavy atom. The Balaban J connectivity index is 2.28. The molecule has 2 aromatic rings. The molecule has 0 radical (unpaired) electrons. The van der Waals surface area contributed by atoms with E-state index in [0.29, 0.717) is 6.54 Å². The molecule has 2 rings (SSSR count). The maximum absolute atomic E-state index is 12.3. The Morgan fingerprint density at radius 2 is 2.10 bits per heavy atom. The summed E-state index contributed by atoms with van der Waals surface area (Å²) in [5.74, 6) is -0.312. The molecule has 1 amide bonds. The van der Waals surface area contributed by atoms with Crippen molar-refractivity contribution < 1.29 is 13.2 Å². The van der Waals surface area contributed by atoms with Gasteiger partial charge in [0.25, 0.3) is 5.91 Å². The summed E-state index contributed by atoms with van der Waals surface area (Å²) in [5, 5.41) is 6.47. The molecule has 3 N–H and O–H groups in total. The number of nitrogens with two attached hydrogens (primary N) is 1. The number of rotatable bonds is 4. The quantitative estimate of drug-likeness (QED) is 0.807. The standard InChI is InChI=1S/C13H16N4O3S/c1-17(8-9-6-15-16-7-9)13(18)10-3-11(14)5-12(4-10)21(2,19)20/h3-7H,8,14H2,1-2H3,(H,15,16). The van der Waals surface area contributed by atoms with Crippen molar-refractivity contribution >= 4 is 21.4 Å². The lowest BCUT2D eigenvalue weighted by atomic mass is 10.1. The minimum atomic E-state index is -3.42. The fourth-order valence-electron chi connectivity index (χ4n) is 1.89. The molecular formula is C13H16N4O3S. The van der Waals surface area contributed by atoms with Gasteiger partial charge in [-0.3, -0.25) is 9.89 Å². The van der Waals surface area contributed by atoms with Crippen molar-refractivity contribution in [3.8, 4) is 0 Å². The number of carbonyl (C=O) groups excluding carboxylic acids is 1. The van der Waals surface area contributed by atoms with Gasteiger partial charge in [0.05, 0.1) is 11.1 Å². The van der Waals surface area contributed by atoms with E-state index in [9.17, 15) is 13.2 Å². The zero-order valence-corrected chi connectivity index (χ0v) is 12.5. The van der Waals surface area contributed by atoms with Crippen LogP contribution in [0.15, 0.2) is 35.5 Å². The van der Waals surface area contributed by atoms with Crippen LogP contribution in [0.25, 0.3) is 0 Å². The van der Waals surface area contributed by atoms with Gasteiger partial charge in [-0.05, 0) is 18.2 Å². The highest BCUT2D eigenvalue weighted by Crippen LogP contribution is 2.18. The Labute approximate surface area is 122 Å². The van der Waals surface area contributed by atoms with E-state index in [1.165, 1.54) is 23.1 Å².